The molecule has 4 rings (SSSR count). The molecule has 1 unspecified atom stereocenters. The number of likely N-dealkylation sites (tertiary alicyclic amines) is 2. The second-order valence-corrected chi connectivity index (χ2v) is 9.43. The van der Waals surface area contributed by atoms with E-state index in [1.807, 2.05) is 21.7 Å². The van der Waals surface area contributed by atoms with Gasteiger partial charge in [0, 0.05) is 57.3 Å². The van der Waals surface area contributed by atoms with Gasteiger partial charge in [0.05, 0.1) is 6.42 Å². The molecule has 3 aliphatic rings. The minimum atomic E-state index is -0.309. The van der Waals surface area contributed by atoms with E-state index in [4.69, 9.17) is 0 Å². The summed E-state index contributed by atoms with van der Waals surface area (Å²) in [6.07, 6.45) is 6.64. The Balaban J connectivity index is 1.29. The summed E-state index contributed by atoms with van der Waals surface area (Å²) in [5.41, 5.74) is 1.61. The van der Waals surface area contributed by atoms with Gasteiger partial charge in [0.2, 0.25) is 11.8 Å². The lowest BCUT2D eigenvalue weighted by Gasteiger charge is -2.44. The molecule has 0 aromatic heterocycles. The summed E-state index contributed by atoms with van der Waals surface area (Å²) in [5.74, 6) is 0.338. The highest BCUT2D eigenvalue weighted by atomic mass is 19.1. The van der Waals surface area contributed by atoms with Crippen LogP contribution in [0.5, 0.6) is 0 Å². The van der Waals surface area contributed by atoms with Crippen molar-refractivity contribution in [1.82, 2.24) is 14.8 Å². The SMILES string of the molecule is CC1=NN(CCC(=O)N2CCC(C3CCCCN3C(=O)Cc3ccccc3F)CC2)CC1. The van der Waals surface area contributed by atoms with Crippen LogP contribution in [0.15, 0.2) is 29.4 Å². The number of carbonyl (C=O) groups is 2. The molecule has 174 valence electrons. The van der Waals surface area contributed by atoms with Gasteiger partial charge in [-0.2, -0.15) is 5.10 Å². The van der Waals surface area contributed by atoms with Crippen LogP contribution in [-0.2, 0) is 16.0 Å². The monoisotopic (exact) mass is 442 g/mol. The highest BCUT2D eigenvalue weighted by molar-refractivity contribution is 5.83. The van der Waals surface area contributed by atoms with Gasteiger partial charge in [0.15, 0.2) is 0 Å². The summed E-state index contributed by atoms with van der Waals surface area (Å²) in [7, 11) is 0. The molecular formula is C25H35FN4O2. The number of hydrogen-bond acceptors (Lipinski definition) is 4. The van der Waals surface area contributed by atoms with Gasteiger partial charge in [-0.3, -0.25) is 14.6 Å². The van der Waals surface area contributed by atoms with Crippen molar-refractivity contribution in [3.05, 3.63) is 35.6 Å². The van der Waals surface area contributed by atoms with E-state index >= 15 is 0 Å². The zero-order valence-corrected chi connectivity index (χ0v) is 19.1. The van der Waals surface area contributed by atoms with E-state index in [9.17, 15) is 14.0 Å². The summed E-state index contributed by atoms with van der Waals surface area (Å²) < 4.78 is 14.1. The van der Waals surface area contributed by atoms with Crippen molar-refractivity contribution >= 4 is 17.5 Å². The molecule has 1 aromatic rings. The maximum absolute atomic E-state index is 14.1. The lowest BCUT2D eigenvalue weighted by molar-refractivity contribution is -0.138. The van der Waals surface area contributed by atoms with Crippen LogP contribution in [0.4, 0.5) is 4.39 Å². The summed E-state index contributed by atoms with van der Waals surface area (Å²) in [6.45, 7) is 5.92. The first kappa shape index (κ1) is 22.7. The van der Waals surface area contributed by atoms with Crippen molar-refractivity contribution in [2.45, 2.75) is 64.3 Å². The Morgan fingerprint density at radius 1 is 1.03 bits per heavy atom. The first-order valence-corrected chi connectivity index (χ1v) is 12.1. The predicted octanol–water partition coefficient (Wildman–Crippen LogP) is 3.46. The van der Waals surface area contributed by atoms with Gasteiger partial charge in [-0.15, -0.1) is 0 Å². The third kappa shape index (κ3) is 5.48. The molecule has 7 heteroatoms. The summed E-state index contributed by atoms with van der Waals surface area (Å²) in [6, 6.07) is 6.76. The first-order valence-electron chi connectivity index (χ1n) is 12.1. The van der Waals surface area contributed by atoms with Gasteiger partial charge in [-0.05, 0) is 56.6 Å². The van der Waals surface area contributed by atoms with Gasteiger partial charge in [0.25, 0.3) is 0 Å². The van der Waals surface area contributed by atoms with Crippen LogP contribution in [0, 0.1) is 11.7 Å². The van der Waals surface area contributed by atoms with Crippen molar-refractivity contribution in [3.8, 4) is 0 Å². The second kappa shape index (κ2) is 10.5. The topological polar surface area (TPSA) is 56.2 Å². The largest absolute Gasteiger partial charge is 0.343 e. The van der Waals surface area contributed by atoms with Crippen LogP contribution < -0.4 is 0 Å². The molecular weight excluding hydrogens is 407 g/mol. The van der Waals surface area contributed by atoms with Crippen molar-refractivity contribution in [3.63, 3.8) is 0 Å². The Labute approximate surface area is 190 Å². The Bertz CT molecular complexity index is 850. The minimum absolute atomic E-state index is 0.0276. The molecule has 6 nitrogen and oxygen atoms in total. The van der Waals surface area contributed by atoms with Gasteiger partial charge >= 0.3 is 0 Å². The van der Waals surface area contributed by atoms with E-state index in [1.165, 1.54) is 6.07 Å². The van der Waals surface area contributed by atoms with E-state index in [2.05, 4.69) is 5.10 Å². The Morgan fingerprint density at radius 3 is 2.53 bits per heavy atom. The molecule has 2 saturated heterocycles. The smallest absolute Gasteiger partial charge is 0.227 e. The van der Waals surface area contributed by atoms with Crippen molar-refractivity contribution in [2.24, 2.45) is 11.0 Å². The molecule has 2 amide bonds. The van der Waals surface area contributed by atoms with Gasteiger partial charge in [-0.25, -0.2) is 4.39 Å². The van der Waals surface area contributed by atoms with Crippen LogP contribution in [0.2, 0.25) is 0 Å². The summed E-state index contributed by atoms with van der Waals surface area (Å²) >= 11 is 0. The molecule has 0 radical (unpaired) electrons. The van der Waals surface area contributed by atoms with Crippen LogP contribution in [0.1, 0.15) is 57.4 Å². The number of halogens is 1. The normalized spacial score (nSPS) is 22.2. The van der Waals surface area contributed by atoms with Crippen molar-refractivity contribution < 1.29 is 14.0 Å². The van der Waals surface area contributed by atoms with E-state index in [1.54, 1.807) is 18.2 Å². The van der Waals surface area contributed by atoms with Crippen LogP contribution in [0.25, 0.3) is 0 Å². The highest BCUT2D eigenvalue weighted by Crippen LogP contribution is 2.31. The number of piperidine rings is 2. The standard InChI is InChI=1S/C25H35FN4O2/c1-19-9-16-29(27-19)17-12-24(31)28-14-10-20(11-15-28)23-8-4-5-13-30(23)25(32)18-21-6-2-3-7-22(21)26/h2-3,6-7,20,23H,4-5,8-18H2,1H3. The Morgan fingerprint density at radius 2 is 1.81 bits per heavy atom. The minimum Gasteiger partial charge on any atom is -0.343 e. The molecule has 3 aliphatic heterocycles. The number of hydrogen-bond donors (Lipinski definition) is 0. The molecule has 0 N–H and O–H groups in total. The molecule has 0 bridgehead atoms. The zero-order chi connectivity index (χ0) is 22.5. The average Bonchev–Trinajstić information content (AvgIpc) is 3.24. The van der Waals surface area contributed by atoms with E-state index in [0.717, 1.165) is 70.4 Å². The van der Waals surface area contributed by atoms with E-state index in [0.29, 0.717) is 24.4 Å². The zero-order valence-electron chi connectivity index (χ0n) is 19.1. The number of carbonyl (C=O) groups excluding carboxylic acids is 2. The lowest BCUT2D eigenvalue weighted by atomic mass is 9.83. The van der Waals surface area contributed by atoms with Gasteiger partial charge < -0.3 is 9.80 Å². The second-order valence-electron chi connectivity index (χ2n) is 9.43. The molecule has 0 aliphatic carbocycles. The van der Waals surface area contributed by atoms with E-state index in [-0.39, 0.29) is 30.1 Å². The Hall–Kier alpha value is -2.44. The molecule has 3 heterocycles. The van der Waals surface area contributed by atoms with Gasteiger partial charge in [-0.1, -0.05) is 18.2 Å². The molecule has 2 fully saturated rings. The average molecular weight is 443 g/mol. The molecule has 1 atom stereocenters. The van der Waals surface area contributed by atoms with Crippen molar-refractivity contribution in [1.29, 1.82) is 0 Å². The fourth-order valence-corrected chi connectivity index (χ4v) is 5.37. The predicted molar refractivity (Wildman–Crippen MR) is 123 cm³/mol. The summed E-state index contributed by atoms with van der Waals surface area (Å²) in [5, 5.41) is 6.46. The lowest BCUT2D eigenvalue weighted by Crippen LogP contribution is -2.51. The molecule has 1 aromatic carbocycles. The van der Waals surface area contributed by atoms with E-state index < -0.39 is 0 Å². The number of rotatable bonds is 6. The highest BCUT2D eigenvalue weighted by Gasteiger charge is 2.35. The quantitative estimate of drug-likeness (QED) is 0.678. The number of hydrazone groups is 1. The molecule has 0 spiro atoms. The maximum Gasteiger partial charge on any atom is 0.227 e. The molecule has 0 saturated carbocycles. The van der Waals surface area contributed by atoms with Crippen LogP contribution in [0.3, 0.4) is 0 Å². The third-order valence-corrected chi connectivity index (χ3v) is 7.23. The van der Waals surface area contributed by atoms with Crippen LogP contribution >= 0.6 is 0 Å². The molecule has 32 heavy (non-hydrogen) atoms. The summed E-state index contributed by atoms with van der Waals surface area (Å²) in [4.78, 5) is 29.7. The Kier molecular flexibility index (Phi) is 7.43. The first-order chi connectivity index (χ1) is 15.5. The fraction of sp³-hybridized carbons (Fsp3) is 0.640. The van der Waals surface area contributed by atoms with Gasteiger partial charge in [0.1, 0.15) is 5.82 Å². The van der Waals surface area contributed by atoms with Crippen molar-refractivity contribution in [2.75, 3.05) is 32.7 Å². The fourth-order valence-electron chi connectivity index (χ4n) is 5.37. The third-order valence-electron chi connectivity index (χ3n) is 7.23. The maximum atomic E-state index is 14.1. The number of amides is 2. The number of benzene rings is 1. The van der Waals surface area contributed by atoms with Crippen LogP contribution in [-0.4, -0.2) is 71.1 Å². The number of nitrogens with zero attached hydrogens (tertiary/aromatic N) is 4.